The number of benzene rings is 4. The number of allylic oxidation sites excluding steroid dienone is 2. The van der Waals surface area contributed by atoms with E-state index in [9.17, 15) is 0 Å². The Labute approximate surface area is 208 Å². The van der Waals surface area contributed by atoms with Crippen molar-refractivity contribution in [2.45, 2.75) is 19.5 Å². The van der Waals surface area contributed by atoms with E-state index in [1.54, 1.807) is 0 Å². The number of nitrogens with one attached hydrogen (secondary N) is 1. The second kappa shape index (κ2) is 10.8. The third kappa shape index (κ3) is 5.67. The van der Waals surface area contributed by atoms with Gasteiger partial charge in [-0.25, -0.2) is 0 Å². The molecule has 1 N–H and O–H groups in total. The average Bonchev–Trinajstić information content (AvgIpc) is 2.92. The molecule has 2 nitrogen and oxygen atoms in total. The van der Waals surface area contributed by atoms with Crippen LogP contribution in [0.1, 0.15) is 12.5 Å². The lowest BCUT2D eigenvalue weighted by Gasteiger charge is -2.26. The maximum atomic E-state index is 4.67. The summed E-state index contributed by atoms with van der Waals surface area (Å²) in [6.45, 7) is 2.95. The van der Waals surface area contributed by atoms with E-state index in [1.165, 1.54) is 27.8 Å². The van der Waals surface area contributed by atoms with Crippen molar-refractivity contribution in [2.75, 3.05) is 5.32 Å². The predicted molar refractivity (Wildman–Crippen MR) is 150 cm³/mol. The van der Waals surface area contributed by atoms with Gasteiger partial charge < -0.3 is 5.32 Å². The van der Waals surface area contributed by atoms with Gasteiger partial charge in [0.05, 0.1) is 12.6 Å². The molecule has 0 fully saturated rings. The van der Waals surface area contributed by atoms with Crippen molar-refractivity contribution in [1.29, 1.82) is 0 Å². The Morgan fingerprint density at radius 3 is 2.11 bits per heavy atom. The summed E-state index contributed by atoms with van der Waals surface area (Å²) in [6.07, 6.45) is 8.72. The average molecular weight is 455 g/mol. The molecule has 0 saturated heterocycles. The van der Waals surface area contributed by atoms with Gasteiger partial charge in [0.15, 0.2) is 0 Å². The smallest absolute Gasteiger partial charge is 0.0639 e. The van der Waals surface area contributed by atoms with E-state index >= 15 is 0 Å². The van der Waals surface area contributed by atoms with Crippen LogP contribution in [0.4, 0.5) is 5.69 Å². The van der Waals surface area contributed by atoms with E-state index in [1.807, 2.05) is 12.3 Å². The Bertz CT molecular complexity index is 1340. The quantitative estimate of drug-likeness (QED) is 0.280. The summed E-state index contributed by atoms with van der Waals surface area (Å²) in [5.74, 6) is 0.374. The lowest BCUT2D eigenvalue weighted by Crippen LogP contribution is -2.26. The van der Waals surface area contributed by atoms with Crippen molar-refractivity contribution < 1.29 is 0 Å². The number of anilines is 1. The molecule has 172 valence electrons. The first-order valence-corrected chi connectivity index (χ1v) is 12.2. The van der Waals surface area contributed by atoms with E-state index in [0.29, 0.717) is 12.5 Å². The highest BCUT2D eigenvalue weighted by molar-refractivity contribution is 5.85. The van der Waals surface area contributed by atoms with Crippen LogP contribution in [0.3, 0.4) is 0 Å². The zero-order valence-electron chi connectivity index (χ0n) is 20.0. The third-order valence-electron chi connectivity index (χ3n) is 6.42. The van der Waals surface area contributed by atoms with Gasteiger partial charge >= 0.3 is 0 Å². The largest absolute Gasteiger partial charge is 0.378 e. The fraction of sp³-hybridized carbons (Fsp3) is 0.121. The summed E-state index contributed by atoms with van der Waals surface area (Å²) in [5.41, 5.74) is 8.36. The fourth-order valence-corrected chi connectivity index (χ4v) is 4.41. The second-order valence-electron chi connectivity index (χ2n) is 9.00. The van der Waals surface area contributed by atoms with Crippen LogP contribution in [-0.2, 0) is 6.54 Å². The minimum Gasteiger partial charge on any atom is -0.378 e. The Morgan fingerprint density at radius 1 is 0.743 bits per heavy atom. The zero-order valence-corrected chi connectivity index (χ0v) is 20.0. The summed E-state index contributed by atoms with van der Waals surface area (Å²) in [5, 5.41) is 3.83. The summed E-state index contributed by atoms with van der Waals surface area (Å²) < 4.78 is 0. The van der Waals surface area contributed by atoms with Gasteiger partial charge in [0.25, 0.3) is 0 Å². The van der Waals surface area contributed by atoms with Crippen molar-refractivity contribution in [3.05, 3.63) is 139 Å². The molecule has 1 aliphatic carbocycles. The van der Waals surface area contributed by atoms with Crippen molar-refractivity contribution in [3.8, 4) is 22.3 Å². The second-order valence-corrected chi connectivity index (χ2v) is 9.00. The molecular weight excluding hydrogens is 424 g/mol. The molecule has 2 heteroatoms. The van der Waals surface area contributed by atoms with E-state index in [-0.39, 0.29) is 6.04 Å². The zero-order chi connectivity index (χ0) is 23.9. The number of rotatable bonds is 7. The summed E-state index contributed by atoms with van der Waals surface area (Å²) >= 11 is 0. The minimum atomic E-state index is 0.184. The Morgan fingerprint density at radius 2 is 1.40 bits per heavy atom. The van der Waals surface area contributed by atoms with Gasteiger partial charge in [0.2, 0.25) is 0 Å². The first kappa shape index (κ1) is 22.6. The van der Waals surface area contributed by atoms with E-state index in [0.717, 1.165) is 11.3 Å². The molecule has 0 radical (unpaired) electrons. The van der Waals surface area contributed by atoms with E-state index < -0.39 is 0 Å². The SMILES string of the molecule is CC1C=CC(C=NCc2ccccc2)=CC1Nc1ccc(-c2ccccc2)cc1-c1ccccc1. The lowest BCUT2D eigenvalue weighted by atomic mass is 9.92. The van der Waals surface area contributed by atoms with Crippen LogP contribution < -0.4 is 5.32 Å². The summed E-state index contributed by atoms with van der Waals surface area (Å²) in [7, 11) is 0. The van der Waals surface area contributed by atoms with Crippen LogP contribution >= 0.6 is 0 Å². The molecule has 4 aromatic carbocycles. The monoisotopic (exact) mass is 454 g/mol. The first-order chi connectivity index (χ1) is 17.3. The predicted octanol–water partition coefficient (Wildman–Crippen LogP) is 8.20. The summed E-state index contributed by atoms with van der Waals surface area (Å²) in [6, 6.07) is 38.4. The highest BCUT2D eigenvalue weighted by Gasteiger charge is 2.18. The molecule has 0 bridgehead atoms. The normalized spacial score (nSPS) is 17.3. The molecule has 5 rings (SSSR count). The van der Waals surface area contributed by atoms with E-state index in [2.05, 4.69) is 139 Å². The van der Waals surface area contributed by atoms with Gasteiger partial charge in [-0.2, -0.15) is 0 Å². The van der Waals surface area contributed by atoms with Gasteiger partial charge in [-0.3, -0.25) is 4.99 Å². The van der Waals surface area contributed by atoms with Crippen LogP contribution in [-0.4, -0.2) is 12.3 Å². The molecular formula is C33H30N2. The highest BCUT2D eigenvalue weighted by Crippen LogP contribution is 2.34. The van der Waals surface area contributed by atoms with Crippen molar-refractivity contribution >= 4 is 11.9 Å². The molecule has 0 aliphatic heterocycles. The third-order valence-corrected chi connectivity index (χ3v) is 6.42. The molecule has 0 aromatic heterocycles. The van der Waals surface area contributed by atoms with Gasteiger partial charge in [-0.15, -0.1) is 0 Å². The molecule has 0 saturated carbocycles. The maximum absolute atomic E-state index is 4.67. The van der Waals surface area contributed by atoms with Gasteiger partial charge in [0, 0.05) is 17.5 Å². The lowest BCUT2D eigenvalue weighted by molar-refractivity contribution is 0.658. The molecule has 1 aliphatic rings. The van der Waals surface area contributed by atoms with Crippen LogP contribution in [0.25, 0.3) is 22.3 Å². The topological polar surface area (TPSA) is 24.4 Å². The van der Waals surface area contributed by atoms with Gasteiger partial charge in [0.1, 0.15) is 0 Å². The van der Waals surface area contributed by atoms with Gasteiger partial charge in [-0.05, 0) is 45.9 Å². The number of hydrogen-bond acceptors (Lipinski definition) is 2. The van der Waals surface area contributed by atoms with Gasteiger partial charge in [-0.1, -0.05) is 122 Å². The van der Waals surface area contributed by atoms with E-state index in [4.69, 9.17) is 0 Å². The Balaban J connectivity index is 1.41. The summed E-state index contributed by atoms with van der Waals surface area (Å²) in [4.78, 5) is 4.67. The maximum Gasteiger partial charge on any atom is 0.0639 e. The number of aliphatic imine (C=N–C) groups is 1. The minimum absolute atomic E-state index is 0.184. The van der Waals surface area contributed by atoms with Crippen LogP contribution in [0.15, 0.2) is 138 Å². The fourth-order valence-electron chi connectivity index (χ4n) is 4.41. The van der Waals surface area contributed by atoms with Crippen LogP contribution in [0.2, 0.25) is 0 Å². The molecule has 35 heavy (non-hydrogen) atoms. The Kier molecular flexibility index (Phi) is 7.00. The van der Waals surface area contributed by atoms with Crippen molar-refractivity contribution in [2.24, 2.45) is 10.9 Å². The highest BCUT2D eigenvalue weighted by atomic mass is 14.9. The number of hydrogen-bond donors (Lipinski definition) is 1. The molecule has 4 aromatic rings. The van der Waals surface area contributed by atoms with Crippen molar-refractivity contribution in [1.82, 2.24) is 0 Å². The molecule has 2 atom stereocenters. The Hall–Kier alpha value is -4.17. The molecule has 0 heterocycles. The molecule has 0 spiro atoms. The first-order valence-electron chi connectivity index (χ1n) is 12.2. The molecule has 0 amide bonds. The van der Waals surface area contributed by atoms with Crippen LogP contribution in [0, 0.1) is 5.92 Å². The molecule has 2 unspecified atom stereocenters. The van der Waals surface area contributed by atoms with Crippen molar-refractivity contribution in [3.63, 3.8) is 0 Å². The number of nitrogens with zero attached hydrogens (tertiary/aromatic N) is 1. The standard InChI is InChI=1S/C33H30N2/c1-25-17-18-27(24-34-23-26-11-5-2-6-12-26)21-33(25)35-32-20-19-30(28-13-7-3-8-14-28)22-31(32)29-15-9-4-10-16-29/h2-22,24-25,33,35H,23H2,1H3. The van der Waals surface area contributed by atoms with Crippen LogP contribution in [0.5, 0.6) is 0 Å².